The van der Waals surface area contributed by atoms with E-state index < -0.39 is 12.1 Å². The molecule has 0 spiro atoms. The molecule has 0 saturated heterocycles. The van der Waals surface area contributed by atoms with Gasteiger partial charge in [0.05, 0.1) is 18.3 Å². The molecular weight excluding hydrogens is 368 g/mol. The van der Waals surface area contributed by atoms with Crippen molar-refractivity contribution in [2.45, 2.75) is 96.9 Å². The molecule has 0 bridgehead atoms. The highest BCUT2D eigenvalue weighted by atomic mass is 16.4. The largest absolute Gasteiger partial charge is 0.481 e. The van der Waals surface area contributed by atoms with E-state index in [1.165, 1.54) is 0 Å². The number of fused-ring (bicyclic) bond motifs is 5. The maximum absolute atomic E-state index is 11.5. The minimum atomic E-state index is -0.748. The average molecular weight is 409 g/mol. The molecule has 6 unspecified atom stereocenters. The van der Waals surface area contributed by atoms with Crippen molar-refractivity contribution in [3.8, 4) is 0 Å². The molecule has 4 aliphatic rings. The molecule has 0 aromatic heterocycles. The number of carboxylic acids is 1. The summed E-state index contributed by atoms with van der Waals surface area (Å²) in [5.74, 6) is 0.997. The fraction of sp³-hybridized carbons (Fsp3) is 0.958. The quantitative estimate of drug-likeness (QED) is 0.571. The molecule has 4 rings (SSSR count). The summed E-state index contributed by atoms with van der Waals surface area (Å²) in [6, 6.07) is 0. The molecule has 0 aliphatic heterocycles. The van der Waals surface area contributed by atoms with Crippen LogP contribution in [0.1, 0.15) is 78.6 Å². The van der Waals surface area contributed by atoms with Crippen LogP contribution in [0, 0.1) is 46.3 Å². The SMILES string of the molecule is CC(CCC(=O)O)[C@H]1CCC2C3C(O)CC4C[C@H](O)CC[C@]4(C)C3C[C@H](O)[C@@]21C. The molecule has 5 nitrogen and oxygen atoms in total. The lowest BCUT2D eigenvalue weighted by Gasteiger charge is -2.63. The molecule has 0 aromatic rings. The molecule has 0 amide bonds. The predicted molar refractivity (Wildman–Crippen MR) is 110 cm³/mol. The van der Waals surface area contributed by atoms with Gasteiger partial charge in [0.2, 0.25) is 0 Å². The number of carbonyl (C=O) groups is 1. The minimum absolute atomic E-state index is 0.0957. The summed E-state index contributed by atoms with van der Waals surface area (Å²) in [5.41, 5.74) is -0.143. The van der Waals surface area contributed by atoms with Crippen LogP contribution < -0.4 is 0 Å². The van der Waals surface area contributed by atoms with E-state index in [0.717, 1.165) is 44.9 Å². The summed E-state index contributed by atoms with van der Waals surface area (Å²) in [4.78, 5) is 11.1. The number of aliphatic hydroxyl groups is 3. The molecule has 29 heavy (non-hydrogen) atoms. The first-order chi connectivity index (χ1) is 13.6. The molecule has 4 N–H and O–H groups in total. The number of hydrogen-bond acceptors (Lipinski definition) is 4. The summed E-state index contributed by atoms with van der Waals surface area (Å²) >= 11 is 0. The lowest BCUT2D eigenvalue weighted by Crippen LogP contribution is -2.62. The first-order valence-corrected chi connectivity index (χ1v) is 11.8. The Morgan fingerprint density at radius 2 is 1.76 bits per heavy atom. The van der Waals surface area contributed by atoms with Crippen LogP contribution in [-0.2, 0) is 4.79 Å². The Bertz CT molecular complexity index is 637. The van der Waals surface area contributed by atoms with Crippen LogP contribution in [0.15, 0.2) is 0 Å². The van der Waals surface area contributed by atoms with E-state index in [-0.39, 0.29) is 41.3 Å². The zero-order valence-electron chi connectivity index (χ0n) is 18.3. The molecule has 11 atom stereocenters. The third kappa shape index (κ3) is 3.27. The highest BCUT2D eigenvalue weighted by molar-refractivity contribution is 5.66. The minimum Gasteiger partial charge on any atom is -0.481 e. The molecule has 4 saturated carbocycles. The standard InChI is InChI=1S/C24H40O5/c1-13(4-7-21(28)29)16-5-6-17-22-18(12-20(27)24(16,17)3)23(2)9-8-15(25)10-14(23)11-19(22)26/h13-20,22,25-27H,4-12H2,1-3H3,(H,28,29)/t13?,14?,15-,16-,17?,18?,19?,20+,22?,23+,24-/m1/s1. The summed E-state index contributed by atoms with van der Waals surface area (Å²) < 4.78 is 0. The third-order valence-corrected chi connectivity index (χ3v) is 10.3. The van der Waals surface area contributed by atoms with Crippen LogP contribution in [0.3, 0.4) is 0 Å². The van der Waals surface area contributed by atoms with E-state index in [1.807, 2.05) is 0 Å². The van der Waals surface area contributed by atoms with Crippen molar-refractivity contribution >= 4 is 5.97 Å². The highest BCUT2D eigenvalue weighted by Crippen LogP contribution is 2.68. The van der Waals surface area contributed by atoms with Crippen molar-refractivity contribution in [2.24, 2.45) is 46.3 Å². The van der Waals surface area contributed by atoms with E-state index in [9.17, 15) is 20.1 Å². The second-order valence-corrected chi connectivity index (χ2v) is 11.4. The van der Waals surface area contributed by atoms with Crippen LogP contribution in [0.2, 0.25) is 0 Å². The van der Waals surface area contributed by atoms with Crippen LogP contribution in [0.4, 0.5) is 0 Å². The number of aliphatic carboxylic acids is 1. The molecule has 0 heterocycles. The Labute approximate surface area is 174 Å². The van der Waals surface area contributed by atoms with Gasteiger partial charge in [-0.2, -0.15) is 0 Å². The van der Waals surface area contributed by atoms with Crippen molar-refractivity contribution in [3.05, 3.63) is 0 Å². The van der Waals surface area contributed by atoms with Crippen molar-refractivity contribution in [1.29, 1.82) is 0 Å². The van der Waals surface area contributed by atoms with Gasteiger partial charge in [-0.1, -0.05) is 20.8 Å². The van der Waals surface area contributed by atoms with Gasteiger partial charge in [0.1, 0.15) is 0 Å². The topological polar surface area (TPSA) is 98.0 Å². The van der Waals surface area contributed by atoms with Gasteiger partial charge in [-0.3, -0.25) is 4.79 Å². The Morgan fingerprint density at radius 1 is 1.03 bits per heavy atom. The van der Waals surface area contributed by atoms with Gasteiger partial charge < -0.3 is 20.4 Å². The van der Waals surface area contributed by atoms with E-state index in [0.29, 0.717) is 30.1 Å². The Morgan fingerprint density at radius 3 is 2.45 bits per heavy atom. The van der Waals surface area contributed by atoms with Crippen molar-refractivity contribution < 1.29 is 25.2 Å². The van der Waals surface area contributed by atoms with E-state index in [1.54, 1.807) is 0 Å². The maximum atomic E-state index is 11.5. The molecule has 0 radical (unpaired) electrons. The van der Waals surface area contributed by atoms with Gasteiger partial charge in [-0.15, -0.1) is 0 Å². The zero-order valence-corrected chi connectivity index (χ0v) is 18.3. The normalized spacial score (nSPS) is 52.9. The van der Waals surface area contributed by atoms with Gasteiger partial charge in [-0.05, 0) is 97.7 Å². The van der Waals surface area contributed by atoms with Gasteiger partial charge in [0.15, 0.2) is 0 Å². The van der Waals surface area contributed by atoms with Crippen LogP contribution in [0.5, 0.6) is 0 Å². The van der Waals surface area contributed by atoms with Gasteiger partial charge in [0, 0.05) is 6.42 Å². The van der Waals surface area contributed by atoms with E-state index in [2.05, 4.69) is 20.8 Å². The van der Waals surface area contributed by atoms with Crippen LogP contribution in [-0.4, -0.2) is 44.7 Å². The fourth-order valence-electron chi connectivity index (χ4n) is 8.68. The lowest BCUT2D eigenvalue weighted by atomic mass is 9.43. The lowest BCUT2D eigenvalue weighted by molar-refractivity contribution is -0.207. The summed E-state index contributed by atoms with van der Waals surface area (Å²) in [5, 5.41) is 42.0. The Hall–Kier alpha value is -0.650. The summed E-state index contributed by atoms with van der Waals surface area (Å²) in [6.07, 6.45) is 6.00. The average Bonchev–Trinajstić information content (AvgIpc) is 3.01. The van der Waals surface area contributed by atoms with Gasteiger partial charge in [0.25, 0.3) is 0 Å². The first-order valence-electron chi connectivity index (χ1n) is 11.8. The first kappa shape index (κ1) is 21.6. The van der Waals surface area contributed by atoms with Crippen LogP contribution >= 0.6 is 0 Å². The predicted octanol–water partition coefficient (Wildman–Crippen LogP) is 3.45. The summed E-state index contributed by atoms with van der Waals surface area (Å²) in [7, 11) is 0. The molecule has 4 aliphatic carbocycles. The van der Waals surface area contributed by atoms with Crippen molar-refractivity contribution in [1.82, 2.24) is 0 Å². The molecular formula is C24H40O5. The number of hydrogen-bond donors (Lipinski definition) is 4. The second-order valence-electron chi connectivity index (χ2n) is 11.4. The summed E-state index contributed by atoms with van der Waals surface area (Å²) in [6.45, 7) is 6.72. The Balaban J connectivity index is 1.61. The third-order valence-electron chi connectivity index (χ3n) is 10.3. The molecule has 166 valence electrons. The van der Waals surface area contributed by atoms with Crippen molar-refractivity contribution in [2.75, 3.05) is 0 Å². The smallest absolute Gasteiger partial charge is 0.303 e. The number of aliphatic hydroxyl groups excluding tert-OH is 3. The molecule has 5 heteroatoms. The monoisotopic (exact) mass is 408 g/mol. The number of rotatable bonds is 4. The maximum Gasteiger partial charge on any atom is 0.303 e. The van der Waals surface area contributed by atoms with E-state index >= 15 is 0 Å². The fourth-order valence-corrected chi connectivity index (χ4v) is 8.68. The highest BCUT2D eigenvalue weighted by Gasteiger charge is 2.65. The number of carboxylic acid groups (broad SMARTS) is 1. The van der Waals surface area contributed by atoms with Crippen LogP contribution in [0.25, 0.3) is 0 Å². The second kappa shape index (κ2) is 7.49. The van der Waals surface area contributed by atoms with Gasteiger partial charge >= 0.3 is 5.97 Å². The van der Waals surface area contributed by atoms with Crippen molar-refractivity contribution in [3.63, 3.8) is 0 Å². The van der Waals surface area contributed by atoms with Gasteiger partial charge in [-0.25, -0.2) is 0 Å². The van der Waals surface area contributed by atoms with E-state index in [4.69, 9.17) is 5.11 Å². The molecule has 4 fully saturated rings. The molecule has 0 aromatic carbocycles. The Kier molecular flexibility index (Phi) is 5.57. The zero-order chi connectivity index (χ0) is 21.1.